The molecule has 0 radical (unpaired) electrons. The van der Waals surface area contributed by atoms with Gasteiger partial charge >= 0.3 is 0 Å². The van der Waals surface area contributed by atoms with Gasteiger partial charge in [-0.1, -0.05) is 212 Å². The maximum atomic E-state index is 6.52. The van der Waals surface area contributed by atoms with E-state index in [1.165, 1.54) is 60.8 Å². The molecule has 0 aliphatic heterocycles. The van der Waals surface area contributed by atoms with Crippen molar-refractivity contribution in [3.05, 3.63) is 283 Å². The molecular weight excluding hydrogens is 811 g/mol. The van der Waals surface area contributed by atoms with Crippen molar-refractivity contribution in [3.8, 4) is 44.5 Å². The molecular formula is C65H43NO. The highest BCUT2D eigenvalue weighted by atomic mass is 16.3. The van der Waals surface area contributed by atoms with Crippen molar-refractivity contribution in [2.75, 3.05) is 4.90 Å². The first-order valence-corrected chi connectivity index (χ1v) is 23.1. The molecule has 67 heavy (non-hydrogen) atoms. The van der Waals surface area contributed by atoms with E-state index in [-0.39, 0.29) is 0 Å². The van der Waals surface area contributed by atoms with E-state index >= 15 is 0 Å². The Bertz CT molecular complexity index is 3760. The second-order valence-corrected chi connectivity index (χ2v) is 17.5. The van der Waals surface area contributed by atoms with Crippen LogP contribution in [0.25, 0.3) is 77.2 Å². The van der Waals surface area contributed by atoms with Gasteiger partial charge in [0.15, 0.2) is 0 Å². The molecule has 13 rings (SSSR count). The Kier molecular flexibility index (Phi) is 9.11. The summed E-state index contributed by atoms with van der Waals surface area (Å²) in [6, 6.07) is 95.0. The predicted octanol–water partition coefficient (Wildman–Crippen LogP) is 17.6. The SMILES string of the molecule is c1ccc(C2(c3ccccc3)c3ccccc3-c3ccc(-c4ccc(N(c5ccccc5-c5cccc(-c6cccc7ccccc67)c5)c5cccc6oc7ccccc7c56)cc4)cc32)cc1. The van der Waals surface area contributed by atoms with E-state index in [1.807, 2.05) is 6.07 Å². The second kappa shape index (κ2) is 15.8. The molecule has 0 unspecified atom stereocenters. The van der Waals surface area contributed by atoms with Gasteiger partial charge in [-0.25, -0.2) is 0 Å². The molecule has 0 bridgehead atoms. The highest BCUT2D eigenvalue weighted by molar-refractivity contribution is 6.14. The number of nitrogens with zero attached hydrogens (tertiary/aromatic N) is 1. The van der Waals surface area contributed by atoms with Crippen molar-refractivity contribution in [2.24, 2.45) is 0 Å². The van der Waals surface area contributed by atoms with E-state index in [0.29, 0.717) is 0 Å². The van der Waals surface area contributed by atoms with E-state index < -0.39 is 5.41 Å². The molecule has 0 spiro atoms. The summed E-state index contributed by atoms with van der Waals surface area (Å²) in [5, 5.41) is 4.65. The Labute approximate surface area is 390 Å². The van der Waals surface area contributed by atoms with Crippen LogP contribution in [0.3, 0.4) is 0 Å². The Morgan fingerprint density at radius 3 is 1.67 bits per heavy atom. The quantitative estimate of drug-likeness (QED) is 0.151. The molecule has 1 heterocycles. The molecule has 2 heteroatoms. The summed E-state index contributed by atoms with van der Waals surface area (Å²) in [5.41, 5.74) is 19.1. The van der Waals surface area contributed by atoms with E-state index in [1.54, 1.807) is 0 Å². The summed E-state index contributed by atoms with van der Waals surface area (Å²) in [4.78, 5) is 2.42. The number of hydrogen-bond donors (Lipinski definition) is 0. The van der Waals surface area contributed by atoms with Crippen molar-refractivity contribution in [2.45, 2.75) is 5.41 Å². The molecule has 0 saturated carbocycles. The largest absolute Gasteiger partial charge is 0.456 e. The van der Waals surface area contributed by atoms with E-state index in [9.17, 15) is 0 Å². The first kappa shape index (κ1) is 38.7. The third-order valence-electron chi connectivity index (χ3n) is 14.0. The van der Waals surface area contributed by atoms with Gasteiger partial charge in [-0.15, -0.1) is 0 Å². The van der Waals surface area contributed by atoms with Crippen molar-refractivity contribution in [1.82, 2.24) is 0 Å². The van der Waals surface area contributed by atoms with E-state index in [2.05, 4.69) is 260 Å². The van der Waals surface area contributed by atoms with Crippen LogP contribution in [0.1, 0.15) is 22.3 Å². The van der Waals surface area contributed by atoms with Gasteiger partial charge < -0.3 is 9.32 Å². The first-order chi connectivity index (χ1) is 33.2. The van der Waals surface area contributed by atoms with Crippen LogP contribution in [0.4, 0.5) is 17.1 Å². The Balaban J connectivity index is 0.978. The van der Waals surface area contributed by atoms with Crippen LogP contribution >= 0.6 is 0 Å². The number of hydrogen-bond acceptors (Lipinski definition) is 2. The van der Waals surface area contributed by atoms with Crippen LogP contribution in [0, 0.1) is 0 Å². The fourth-order valence-corrected chi connectivity index (χ4v) is 11.0. The minimum atomic E-state index is -0.470. The zero-order valence-electron chi connectivity index (χ0n) is 36.7. The molecule has 12 aromatic rings. The molecule has 0 atom stereocenters. The zero-order valence-corrected chi connectivity index (χ0v) is 36.7. The van der Waals surface area contributed by atoms with Gasteiger partial charge in [0, 0.05) is 16.6 Å². The Morgan fingerprint density at radius 1 is 0.313 bits per heavy atom. The molecule has 2 nitrogen and oxygen atoms in total. The summed E-state index contributed by atoms with van der Waals surface area (Å²) >= 11 is 0. The second-order valence-electron chi connectivity index (χ2n) is 17.5. The van der Waals surface area contributed by atoms with Crippen molar-refractivity contribution in [3.63, 3.8) is 0 Å². The molecule has 0 N–H and O–H groups in total. The monoisotopic (exact) mass is 853 g/mol. The van der Waals surface area contributed by atoms with Crippen molar-refractivity contribution in [1.29, 1.82) is 0 Å². The minimum absolute atomic E-state index is 0.470. The zero-order chi connectivity index (χ0) is 44.3. The third kappa shape index (κ3) is 6.18. The highest BCUT2D eigenvalue weighted by Gasteiger charge is 2.46. The standard InChI is InChI=1S/C65H43NO/c1-3-22-49(23-4-1)65(50-24-5-2-6-25-50)58-31-12-9-28-55(58)56-41-38-46(43-59(56)65)44-36-39-51(40-37-44)66(61-33-17-35-63-64(61)57-29-11-14-34-62(57)67-63)60-32-13-10-27-54(60)48-21-15-20-47(42-48)53-30-16-19-45-18-7-8-26-52(45)53/h1-43H. The fraction of sp³-hybridized carbons (Fsp3) is 0.0154. The van der Waals surface area contributed by atoms with Gasteiger partial charge in [0.25, 0.3) is 0 Å². The molecule has 1 aliphatic rings. The van der Waals surface area contributed by atoms with Crippen LogP contribution in [0.15, 0.2) is 265 Å². The fourth-order valence-electron chi connectivity index (χ4n) is 11.0. The topological polar surface area (TPSA) is 16.4 Å². The highest BCUT2D eigenvalue weighted by Crippen LogP contribution is 2.57. The van der Waals surface area contributed by atoms with Gasteiger partial charge in [0.2, 0.25) is 0 Å². The first-order valence-electron chi connectivity index (χ1n) is 23.1. The number of anilines is 3. The molecule has 11 aromatic carbocycles. The maximum Gasteiger partial charge on any atom is 0.137 e. The van der Waals surface area contributed by atoms with Crippen LogP contribution in [-0.4, -0.2) is 0 Å². The number of para-hydroxylation sites is 2. The molecule has 314 valence electrons. The molecule has 0 saturated heterocycles. The number of furan rings is 1. The lowest BCUT2D eigenvalue weighted by molar-refractivity contribution is 0.669. The average molecular weight is 854 g/mol. The van der Waals surface area contributed by atoms with E-state index in [0.717, 1.165) is 55.7 Å². The van der Waals surface area contributed by atoms with Gasteiger partial charge in [-0.2, -0.15) is 0 Å². The smallest absolute Gasteiger partial charge is 0.137 e. The molecule has 1 aliphatic carbocycles. The van der Waals surface area contributed by atoms with Gasteiger partial charge in [0.1, 0.15) is 11.2 Å². The van der Waals surface area contributed by atoms with Crippen molar-refractivity contribution < 1.29 is 4.42 Å². The van der Waals surface area contributed by atoms with Crippen molar-refractivity contribution >= 4 is 49.8 Å². The predicted molar refractivity (Wildman–Crippen MR) is 280 cm³/mol. The summed E-state index contributed by atoms with van der Waals surface area (Å²) in [5.74, 6) is 0. The van der Waals surface area contributed by atoms with E-state index in [4.69, 9.17) is 4.42 Å². The normalized spacial score (nSPS) is 12.6. The summed E-state index contributed by atoms with van der Waals surface area (Å²) < 4.78 is 6.52. The third-order valence-corrected chi connectivity index (χ3v) is 14.0. The van der Waals surface area contributed by atoms with Gasteiger partial charge in [0.05, 0.1) is 22.2 Å². The Hall–Kier alpha value is -8.72. The minimum Gasteiger partial charge on any atom is -0.456 e. The number of fused-ring (bicyclic) bond motifs is 7. The molecule has 0 fully saturated rings. The van der Waals surface area contributed by atoms with Crippen LogP contribution in [-0.2, 0) is 5.41 Å². The average Bonchev–Trinajstić information content (AvgIpc) is 3.94. The van der Waals surface area contributed by atoms with Gasteiger partial charge in [-0.05, 0) is 121 Å². The lowest BCUT2D eigenvalue weighted by atomic mass is 9.67. The lowest BCUT2D eigenvalue weighted by Crippen LogP contribution is -2.28. The van der Waals surface area contributed by atoms with Crippen LogP contribution < -0.4 is 4.90 Å². The lowest BCUT2D eigenvalue weighted by Gasteiger charge is -2.34. The summed E-state index contributed by atoms with van der Waals surface area (Å²) in [7, 11) is 0. The number of rotatable bonds is 8. The number of benzene rings is 11. The molecule has 1 aromatic heterocycles. The van der Waals surface area contributed by atoms with Crippen LogP contribution in [0.5, 0.6) is 0 Å². The summed E-state index contributed by atoms with van der Waals surface area (Å²) in [6.45, 7) is 0. The van der Waals surface area contributed by atoms with Crippen LogP contribution in [0.2, 0.25) is 0 Å². The molecule has 0 amide bonds. The van der Waals surface area contributed by atoms with Gasteiger partial charge in [-0.3, -0.25) is 0 Å². The Morgan fingerprint density at radius 2 is 0.866 bits per heavy atom. The maximum absolute atomic E-state index is 6.52. The summed E-state index contributed by atoms with van der Waals surface area (Å²) in [6.07, 6.45) is 0.